The van der Waals surface area contributed by atoms with E-state index < -0.39 is 0 Å². The molecule has 1 fully saturated rings. The Kier molecular flexibility index (Phi) is 4.02. The van der Waals surface area contributed by atoms with Crippen LogP contribution >= 0.6 is 0 Å². The monoisotopic (exact) mass is 184 g/mol. The van der Waals surface area contributed by atoms with Crippen molar-refractivity contribution in [2.45, 2.75) is 31.9 Å². The molecule has 13 heavy (non-hydrogen) atoms. The van der Waals surface area contributed by atoms with Crippen molar-refractivity contribution in [2.75, 3.05) is 19.6 Å². The summed E-state index contributed by atoms with van der Waals surface area (Å²) < 4.78 is 0. The highest BCUT2D eigenvalue weighted by atomic mass is 16.3. The lowest BCUT2D eigenvalue weighted by Gasteiger charge is -2.25. The fraction of sp³-hybridized carbons (Fsp3) is 1.00. The molecule has 0 bridgehead atoms. The Morgan fingerprint density at radius 2 is 2.54 bits per heavy atom. The van der Waals surface area contributed by atoms with Gasteiger partial charge in [0, 0.05) is 24.0 Å². The van der Waals surface area contributed by atoms with Crippen LogP contribution in [0.15, 0.2) is 5.11 Å². The maximum Gasteiger partial charge on any atom is 0.0667 e. The molecule has 0 aromatic heterocycles. The van der Waals surface area contributed by atoms with E-state index in [1.165, 1.54) is 0 Å². The molecular formula is C8H16N4O. The predicted molar refractivity (Wildman–Crippen MR) is 50.3 cm³/mol. The minimum Gasteiger partial charge on any atom is -0.392 e. The molecule has 0 amide bonds. The third-order valence-electron chi connectivity index (χ3n) is 2.52. The molecular weight excluding hydrogens is 168 g/mol. The summed E-state index contributed by atoms with van der Waals surface area (Å²) in [7, 11) is 0. The summed E-state index contributed by atoms with van der Waals surface area (Å²) in [5.74, 6) is 0. The molecule has 5 heteroatoms. The van der Waals surface area contributed by atoms with E-state index in [-0.39, 0.29) is 12.1 Å². The van der Waals surface area contributed by atoms with Gasteiger partial charge in [-0.05, 0) is 31.8 Å². The van der Waals surface area contributed by atoms with Gasteiger partial charge in [0.1, 0.15) is 0 Å². The highest BCUT2D eigenvalue weighted by Crippen LogP contribution is 2.19. The van der Waals surface area contributed by atoms with Crippen LogP contribution < -0.4 is 0 Å². The van der Waals surface area contributed by atoms with Gasteiger partial charge in [-0.1, -0.05) is 5.11 Å². The van der Waals surface area contributed by atoms with Crippen LogP contribution in [0.5, 0.6) is 0 Å². The highest BCUT2D eigenvalue weighted by molar-refractivity contribution is 4.83. The molecule has 0 aromatic carbocycles. The van der Waals surface area contributed by atoms with E-state index in [0.29, 0.717) is 6.54 Å². The van der Waals surface area contributed by atoms with E-state index in [1.807, 2.05) is 6.92 Å². The largest absolute Gasteiger partial charge is 0.392 e. The predicted octanol–water partition coefficient (Wildman–Crippen LogP) is 1.14. The summed E-state index contributed by atoms with van der Waals surface area (Å²) in [4.78, 5) is 4.90. The molecule has 0 spiro atoms. The highest BCUT2D eigenvalue weighted by Gasteiger charge is 2.27. The van der Waals surface area contributed by atoms with E-state index in [1.54, 1.807) is 0 Å². The third kappa shape index (κ3) is 2.88. The summed E-state index contributed by atoms with van der Waals surface area (Å²) in [5.41, 5.74) is 8.11. The van der Waals surface area contributed by atoms with Gasteiger partial charge < -0.3 is 5.11 Å². The van der Waals surface area contributed by atoms with Crippen LogP contribution in [0.25, 0.3) is 10.4 Å². The van der Waals surface area contributed by atoms with Crippen molar-refractivity contribution in [2.24, 2.45) is 5.11 Å². The number of nitrogens with zero attached hydrogens (tertiary/aromatic N) is 4. The number of aliphatic hydroxyl groups is 1. The minimum atomic E-state index is -0.284. The molecule has 0 saturated carbocycles. The average Bonchev–Trinajstić information content (AvgIpc) is 2.53. The Morgan fingerprint density at radius 1 is 1.77 bits per heavy atom. The number of likely N-dealkylation sites (tertiary alicyclic amines) is 1. The lowest BCUT2D eigenvalue weighted by molar-refractivity contribution is 0.0885. The van der Waals surface area contributed by atoms with Crippen LogP contribution in [-0.4, -0.2) is 41.8 Å². The van der Waals surface area contributed by atoms with Crippen molar-refractivity contribution >= 4 is 0 Å². The van der Waals surface area contributed by atoms with Gasteiger partial charge in [-0.15, -0.1) is 0 Å². The zero-order chi connectivity index (χ0) is 9.68. The first kappa shape index (κ1) is 10.3. The first-order valence-electron chi connectivity index (χ1n) is 4.68. The Bertz CT molecular complexity index is 200. The first-order chi connectivity index (χ1) is 6.25. The number of hydrogen-bond donors (Lipinski definition) is 1. The maximum absolute atomic E-state index is 9.43. The molecule has 0 unspecified atom stereocenters. The second kappa shape index (κ2) is 5.07. The quantitative estimate of drug-likeness (QED) is 0.404. The van der Waals surface area contributed by atoms with Gasteiger partial charge in [0.05, 0.1) is 6.10 Å². The maximum atomic E-state index is 9.43. The van der Waals surface area contributed by atoms with Crippen LogP contribution in [-0.2, 0) is 0 Å². The lowest BCUT2D eigenvalue weighted by Crippen LogP contribution is -2.38. The van der Waals surface area contributed by atoms with E-state index in [2.05, 4.69) is 14.9 Å². The van der Waals surface area contributed by atoms with Gasteiger partial charge in [-0.25, -0.2) is 0 Å². The minimum absolute atomic E-state index is 0.258. The Labute approximate surface area is 78.0 Å². The molecule has 1 saturated heterocycles. The van der Waals surface area contributed by atoms with Gasteiger partial charge in [0.15, 0.2) is 0 Å². The summed E-state index contributed by atoms with van der Waals surface area (Å²) in [6, 6.07) is 0.258. The SMILES string of the molecule is C[C@@H](O)[C@H]1CCCN1CCN=[N+]=[N-]. The number of azide groups is 1. The average molecular weight is 184 g/mol. The summed E-state index contributed by atoms with van der Waals surface area (Å²) in [5, 5.41) is 12.9. The van der Waals surface area contributed by atoms with Crippen LogP contribution in [0.2, 0.25) is 0 Å². The van der Waals surface area contributed by atoms with E-state index in [9.17, 15) is 5.11 Å². The lowest BCUT2D eigenvalue weighted by atomic mass is 10.1. The molecule has 2 atom stereocenters. The normalized spacial score (nSPS) is 25.5. The molecule has 1 aliphatic heterocycles. The molecule has 74 valence electrons. The fourth-order valence-electron chi connectivity index (χ4n) is 1.89. The molecule has 0 aromatic rings. The molecule has 0 aliphatic carbocycles. The van der Waals surface area contributed by atoms with Crippen LogP contribution in [0, 0.1) is 0 Å². The Balaban J connectivity index is 2.35. The van der Waals surface area contributed by atoms with Crippen molar-refractivity contribution in [3.63, 3.8) is 0 Å². The zero-order valence-corrected chi connectivity index (χ0v) is 7.93. The number of rotatable bonds is 4. The van der Waals surface area contributed by atoms with E-state index in [4.69, 9.17) is 5.53 Å². The van der Waals surface area contributed by atoms with E-state index >= 15 is 0 Å². The molecule has 1 heterocycles. The second-order valence-electron chi connectivity index (χ2n) is 3.44. The van der Waals surface area contributed by atoms with Crippen LogP contribution in [0.3, 0.4) is 0 Å². The molecule has 0 radical (unpaired) electrons. The summed E-state index contributed by atoms with van der Waals surface area (Å²) in [6.45, 7) is 4.09. The summed E-state index contributed by atoms with van der Waals surface area (Å²) in [6.07, 6.45) is 1.90. The topological polar surface area (TPSA) is 72.2 Å². The van der Waals surface area contributed by atoms with Crippen molar-refractivity contribution in [1.29, 1.82) is 0 Å². The van der Waals surface area contributed by atoms with E-state index in [0.717, 1.165) is 25.9 Å². The Morgan fingerprint density at radius 3 is 3.15 bits per heavy atom. The zero-order valence-electron chi connectivity index (χ0n) is 7.93. The van der Waals surface area contributed by atoms with Gasteiger partial charge in [-0.2, -0.15) is 0 Å². The van der Waals surface area contributed by atoms with Crippen molar-refractivity contribution in [1.82, 2.24) is 4.90 Å². The fourth-order valence-corrected chi connectivity index (χ4v) is 1.89. The smallest absolute Gasteiger partial charge is 0.0667 e. The van der Waals surface area contributed by atoms with Gasteiger partial charge in [0.2, 0.25) is 0 Å². The second-order valence-corrected chi connectivity index (χ2v) is 3.44. The van der Waals surface area contributed by atoms with Gasteiger partial charge >= 0.3 is 0 Å². The third-order valence-corrected chi connectivity index (χ3v) is 2.52. The van der Waals surface area contributed by atoms with Gasteiger partial charge in [0.25, 0.3) is 0 Å². The molecule has 1 aliphatic rings. The molecule has 1 N–H and O–H groups in total. The van der Waals surface area contributed by atoms with Crippen LogP contribution in [0.4, 0.5) is 0 Å². The standard InChI is InChI=1S/C8H16N4O/c1-7(13)8-3-2-5-12(8)6-4-10-11-9/h7-8,13H,2-6H2,1H3/t7-,8-/m1/s1. The first-order valence-corrected chi connectivity index (χ1v) is 4.68. The Hall–Kier alpha value is -0.770. The van der Waals surface area contributed by atoms with Crippen molar-refractivity contribution < 1.29 is 5.11 Å². The molecule has 5 nitrogen and oxygen atoms in total. The van der Waals surface area contributed by atoms with Gasteiger partial charge in [-0.3, -0.25) is 4.90 Å². The van der Waals surface area contributed by atoms with Crippen molar-refractivity contribution in [3.05, 3.63) is 10.4 Å². The molecule has 1 rings (SSSR count). The van der Waals surface area contributed by atoms with Crippen molar-refractivity contribution in [3.8, 4) is 0 Å². The number of hydrogen-bond acceptors (Lipinski definition) is 3. The summed E-state index contributed by atoms with van der Waals surface area (Å²) >= 11 is 0. The number of aliphatic hydroxyl groups excluding tert-OH is 1. The van der Waals surface area contributed by atoms with Crippen LogP contribution in [0.1, 0.15) is 19.8 Å².